The molecule has 1 aromatic carbocycles. The number of hydrogen-bond acceptors (Lipinski definition) is 6. The molecule has 9 nitrogen and oxygen atoms in total. The van der Waals surface area contributed by atoms with Gasteiger partial charge in [-0.1, -0.05) is 30.3 Å². The van der Waals surface area contributed by atoms with Gasteiger partial charge in [0.05, 0.1) is 0 Å². The molecule has 1 aliphatic heterocycles. The molecule has 0 saturated carbocycles. The predicted octanol–water partition coefficient (Wildman–Crippen LogP) is 4.20. The summed E-state index contributed by atoms with van der Waals surface area (Å²) in [4.78, 5) is 29.0. The molecule has 2 aromatic rings. The zero-order chi connectivity index (χ0) is 24.2. The standard InChI is InChI=1S/C23H29N3O6S/c1-16-12-13-19(20(24-16)31-15-17-9-6-5-7-10-17)33(30,25-22(29)32-23(2,3)4)26-14-8-11-18(26)21(27)28/h5-7,9-10,12-13,18H,8,11,14-15H2,1-4H3,(H,27,28)/t18-,33+/m0/s1. The van der Waals surface area contributed by atoms with Gasteiger partial charge in [-0.15, -0.1) is 4.36 Å². The summed E-state index contributed by atoms with van der Waals surface area (Å²) >= 11 is 0. The van der Waals surface area contributed by atoms with Crippen LogP contribution in [-0.2, 0) is 26.1 Å². The Morgan fingerprint density at radius 3 is 2.55 bits per heavy atom. The Bertz CT molecular complexity index is 1140. The van der Waals surface area contributed by atoms with E-state index in [9.17, 15) is 18.9 Å². The molecule has 0 radical (unpaired) electrons. The highest BCUT2D eigenvalue weighted by atomic mass is 32.2. The van der Waals surface area contributed by atoms with Crippen molar-refractivity contribution in [1.82, 2.24) is 9.29 Å². The number of benzene rings is 1. The minimum absolute atomic E-state index is 0.0344. The van der Waals surface area contributed by atoms with Crippen LogP contribution in [0.15, 0.2) is 51.7 Å². The summed E-state index contributed by atoms with van der Waals surface area (Å²) in [6.45, 7) is 7.09. The third kappa shape index (κ3) is 6.08. The normalized spacial score (nSPS) is 18.4. The van der Waals surface area contributed by atoms with Gasteiger partial charge in [0.2, 0.25) is 5.88 Å². The first-order chi connectivity index (χ1) is 15.5. The number of amides is 1. The Morgan fingerprint density at radius 2 is 1.91 bits per heavy atom. The van der Waals surface area contributed by atoms with Gasteiger partial charge in [-0.2, -0.15) is 4.31 Å². The number of ether oxygens (including phenoxy) is 2. The highest BCUT2D eigenvalue weighted by Gasteiger charge is 2.41. The maximum Gasteiger partial charge on any atom is 0.443 e. The molecule has 178 valence electrons. The van der Waals surface area contributed by atoms with Crippen molar-refractivity contribution >= 4 is 22.0 Å². The summed E-state index contributed by atoms with van der Waals surface area (Å²) in [7, 11) is -3.75. The second kappa shape index (κ2) is 9.88. The molecule has 1 amide bonds. The fourth-order valence-electron chi connectivity index (χ4n) is 3.44. The van der Waals surface area contributed by atoms with E-state index in [4.69, 9.17) is 9.47 Å². The van der Waals surface area contributed by atoms with Crippen LogP contribution in [0.5, 0.6) is 5.88 Å². The van der Waals surface area contributed by atoms with Gasteiger partial charge < -0.3 is 14.6 Å². The van der Waals surface area contributed by atoms with Crippen molar-refractivity contribution in [3.63, 3.8) is 0 Å². The van der Waals surface area contributed by atoms with Crippen molar-refractivity contribution in [2.75, 3.05) is 6.54 Å². The number of nitrogens with zero attached hydrogens (tertiary/aromatic N) is 3. The number of pyridine rings is 1. The fourth-order valence-corrected chi connectivity index (χ4v) is 5.63. The molecule has 1 fully saturated rings. The van der Waals surface area contributed by atoms with Crippen molar-refractivity contribution in [2.24, 2.45) is 4.36 Å². The highest BCUT2D eigenvalue weighted by molar-refractivity contribution is 7.91. The molecule has 0 unspecified atom stereocenters. The van der Waals surface area contributed by atoms with Gasteiger partial charge in [0.1, 0.15) is 23.1 Å². The first-order valence-corrected chi connectivity index (χ1v) is 12.1. The van der Waals surface area contributed by atoms with Gasteiger partial charge in [0.25, 0.3) is 0 Å². The maximum atomic E-state index is 14.4. The molecule has 1 aromatic heterocycles. The number of carbonyl (C=O) groups is 2. The highest BCUT2D eigenvalue weighted by Crippen LogP contribution is 2.33. The average Bonchev–Trinajstić information content (AvgIpc) is 3.22. The molecule has 33 heavy (non-hydrogen) atoms. The van der Waals surface area contributed by atoms with Crippen LogP contribution in [0.1, 0.15) is 44.9 Å². The van der Waals surface area contributed by atoms with E-state index in [0.29, 0.717) is 12.1 Å². The number of rotatable bonds is 6. The summed E-state index contributed by atoms with van der Waals surface area (Å²) in [5.74, 6) is -1.10. The van der Waals surface area contributed by atoms with Gasteiger partial charge in [0, 0.05) is 12.2 Å². The van der Waals surface area contributed by atoms with Crippen molar-refractivity contribution in [3.05, 3.63) is 53.7 Å². The number of carboxylic acids is 1. The van der Waals surface area contributed by atoms with Crippen molar-refractivity contribution < 1.29 is 28.4 Å². The van der Waals surface area contributed by atoms with Crippen LogP contribution in [0.25, 0.3) is 0 Å². The van der Waals surface area contributed by atoms with Crippen molar-refractivity contribution in [3.8, 4) is 5.88 Å². The SMILES string of the molecule is Cc1ccc([S@@](=O)(=NC(=O)OC(C)(C)C)N2CCC[C@H]2C(=O)O)c(OCc2ccccc2)n1. The third-order valence-corrected chi connectivity index (χ3v) is 7.22. The first kappa shape index (κ1) is 24.7. The Kier molecular flexibility index (Phi) is 7.38. The van der Waals surface area contributed by atoms with Crippen molar-refractivity contribution in [1.29, 1.82) is 0 Å². The lowest BCUT2D eigenvalue weighted by atomic mass is 10.2. The van der Waals surface area contributed by atoms with E-state index in [1.54, 1.807) is 33.8 Å². The Morgan fingerprint density at radius 1 is 1.21 bits per heavy atom. The van der Waals surface area contributed by atoms with Crippen LogP contribution in [0, 0.1) is 6.92 Å². The van der Waals surface area contributed by atoms with Crippen LogP contribution < -0.4 is 4.74 Å². The van der Waals surface area contributed by atoms with E-state index in [2.05, 4.69) is 9.35 Å². The van der Waals surface area contributed by atoms with Gasteiger partial charge in [-0.25, -0.2) is 14.0 Å². The van der Waals surface area contributed by atoms with Crippen LogP contribution >= 0.6 is 0 Å². The van der Waals surface area contributed by atoms with Crippen LogP contribution in [0.2, 0.25) is 0 Å². The minimum atomic E-state index is -3.75. The molecule has 0 bridgehead atoms. The van der Waals surface area contributed by atoms with Gasteiger partial charge in [-0.3, -0.25) is 4.79 Å². The molecular weight excluding hydrogens is 446 g/mol. The van der Waals surface area contributed by atoms with E-state index in [1.165, 1.54) is 10.4 Å². The zero-order valence-corrected chi connectivity index (χ0v) is 20.0. The van der Waals surface area contributed by atoms with Gasteiger partial charge in [-0.05, 0) is 58.2 Å². The van der Waals surface area contributed by atoms with Crippen molar-refractivity contribution in [2.45, 2.75) is 63.7 Å². The second-order valence-corrected chi connectivity index (χ2v) is 10.8. The summed E-state index contributed by atoms with van der Waals surface area (Å²) in [5, 5.41) is 9.71. The monoisotopic (exact) mass is 475 g/mol. The lowest BCUT2D eigenvalue weighted by molar-refractivity contribution is -0.140. The summed E-state index contributed by atoms with van der Waals surface area (Å²) in [6, 6.07) is 11.4. The number of aliphatic carboxylic acids is 1. The maximum absolute atomic E-state index is 14.4. The Balaban J connectivity index is 2.11. The van der Waals surface area contributed by atoms with Gasteiger partial charge >= 0.3 is 12.1 Å². The molecule has 10 heteroatoms. The van der Waals surface area contributed by atoms with Crippen LogP contribution in [0.4, 0.5) is 4.79 Å². The van der Waals surface area contributed by atoms with Crippen LogP contribution in [-0.4, -0.2) is 48.9 Å². The molecule has 3 rings (SSSR count). The minimum Gasteiger partial charge on any atom is -0.480 e. The number of hydrogen-bond donors (Lipinski definition) is 1. The fraction of sp³-hybridized carbons (Fsp3) is 0.435. The lowest BCUT2D eigenvalue weighted by Crippen LogP contribution is -2.41. The molecule has 0 aliphatic carbocycles. The molecular formula is C23H29N3O6S. The largest absolute Gasteiger partial charge is 0.480 e. The smallest absolute Gasteiger partial charge is 0.443 e. The summed E-state index contributed by atoms with van der Waals surface area (Å²) in [5.41, 5.74) is 0.611. The van der Waals surface area contributed by atoms with E-state index in [1.807, 2.05) is 30.3 Å². The predicted molar refractivity (Wildman–Crippen MR) is 122 cm³/mol. The van der Waals surface area contributed by atoms with E-state index in [0.717, 1.165) is 5.56 Å². The first-order valence-electron chi connectivity index (χ1n) is 10.6. The summed E-state index contributed by atoms with van der Waals surface area (Å²) in [6.07, 6.45) is -0.259. The van der Waals surface area contributed by atoms with Crippen LogP contribution in [0.3, 0.4) is 0 Å². The van der Waals surface area contributed by atoms with E-state index >= 15 is 0 Å². The lowest BCUT2D eigenvalue weighted by Gasteiger charge is -2.26. The van der Waals surface area contributed by atoms with Gasteiger partial charge in [0.15, 0.2) is 9.92 Å². The molecule has 2 atom stereocenters. The Hall–Kier alpha value is -2.98. The van der Waals surface area contributed by atoms with E-state index < -0.39 is 33.6 Å². The zero-order valence-electron chi connectivity index (χ0n) is 19.2. The quantitative estimate of drug-likeness (QED) is 0.665. The Labute approximate surface area is 194 Å². The summed E-state index contributed by atoms with van der Waals surface area (Å²) < 4.78 is 30.8. The average molecular weight is 476 g/mol. The topological polar surface area (TPSA) is 118 Å². The molecule has 2 heterocycles. The van der Waals surface area contributed by atoms with E-state index in [-0.39, 0.29) is 30.3 Å². The molecule has 1 N–H and O–H groups in total. The third-order valence-electron chi connectivity index (χ3n) is 4.87. The number of aryl methyl sites for hydroxylation is 1. The molecule has 1 aliphatic rings. The number of carboxylic acid groups (broad SMARTS) is 1. The molecule has 0 spiro atoms. The number of aromatic nitrogens is 1. The molecule has 1 saturated heterocycles. The second-order valence-electron chi connectivity index (χ2n) is 8.74. The number of carbonyl (C=O) groups excluding carboxylic acids is 1.